The maximum Gasteiger partial charge on any atom is 0.170 e. The van der Waals surface area contributed by atoms with E-state index in [0.717, 1.165) is 24.0 Å². The Morgan fingerprint density at radius 3 is 2.78 bits per heavy atom. The molecule has 0 radical (unpaired) electrons. The fourth-order valence-corrected chi connectivity index (χ4v) is 2.78. The summed E-state index contributed by atoms with van der Waals surface area (Å²) in [5.74, 6) is 0.887. The van der Waals surface area contributed by atoms with Gasteiger partial charge in [-0.25, -0.2) is 0 Å². The second-order valence-electron chi connectivity index (χ2n) is 5.35. The Balaban J connectivity index is 1.83. The lowest BCUT2D eigenvalue weighted by Crippen LogP contribution is -2.37. The third kappa shape index (κ3) is 2.03. The number of fused-ring (bicyclic) bond motifs is 1. The van der Waals surface area contributed by atoms with E-state index in [0.29, 0.717) is 12.2 Å². The summed E-state index contributed by atoms with van der Waals surface area (Å²) in [6.45, 7) is 4.06. The van der Waals surface area contributed by atoms with Gasteiger partial charge in [-0.15, -0.1) is 0 Å². The number of aryl methyl sites for hydroxylation is 1. The highest BCUT2D eigenvalue weighted by Crippen LogP contribution is 2.33. The van der Waals surface area contributed by atoms with Crippen LogP contribution in [0, 0.1) is 6.92 Å². The fraction of sp³-hybridized carbons (Fsp3) is 0.533. The van der Waals surface area contributed by atoms with Crippen molar-refractivity contribution in [2.45, 2.75) is 51.4 Å². The van der Waals surface area contributed by atoms with Crippen LogP contribution in [-0.2, 0) is 4.74 Å². The molecule has 3 nitrogen and oxygen atoms in total. The van der Waals surface area contributed by atoms with Crippen LogP contribution in [0.5, 0.6) is 5.75 Å². The first-order valence-corrected chi connectivity index (χ1v) is 6.59. The second-order valence-corrected chi connectivity index (χ2v) is 5.35. The maximum atomic E-state index is 12.2. The molecule has 0 amide bonds. The van der Waals surface area contributed by atoms with Gasteiger partial charge in [0.05, 0.1) is 24.2 Å². The molecule has 1 aromatic carbocycles. The molecule has 18 heavy (non-hydrogen) atoms. The van der Waals surface area contributed by atoms with Crippen LogP contribution in [0.15, 0.2) is 18.2 Å². The summed E-state index contributed by atoms with van der Waals surface area (Å²) in [7, 11) is 0. The summed E-state index contributed by atoms with van der Waals surface area (Å²) in [6.07, 6.45) is 2.72. The van der Waals surface area contributed by atoms with Gasteiger partial charge in [-0.2, -0.15) is 0 Å². The molecule has 3 unspecified atom stereocenters. The molecule has 0 N–H and O–H groups in total. The van der Waals surface area contributed by atoms with Crippen molar-refractivity contribution in [3.63, 3.8) is 0 Å². The molecule has 0 aromatic heterocycles. The number of carbonyl (C=O) groups is 1. The lowest BCUT2D eigenvalue weighted by atomic mass is 9.95. The fourth-order valence-electron chi connectivity index (χ4n) is 2.78. The van der Waals surface area contributed by atoms with Gasteiger partial charge in [-0.05, 0) is 38.8 Å². The van der Waals surface area contributed by atoms with E-state index in [1.165, 1.54) is 0 Å². The molecule has 2 aliphatic heterocycles. The van der Waals surface area contributed by atoms with Crippen molar-refractivity contribution in [2.24, 2.45) is 0 Å². The smallest absolute Gasteiger partial charge is 0.170 e. The van der Waals surface area contributed by atoms with E-state index in [9.17, 15) is 4.79 Å². The molecule has 1 saturated heterocycles. The van der Waals surface area contributed by atoms with Crippen LogP contribution >= 0.6 is 0 Å². The number of ketones is 1. The van der Waals surface area contributed by atoms with Gasteiger partial charge in [-0.3, -0.25) is 4.79 Å². The zero-order valence-corrected chi connectivity index (χ0v) is 10.8. The maximum absolute atomic E-state index is 12.2. The van der Waals surface area contributed by atoms with E-state index in [1.54, 1.807) is 0 Å². The van der Waals surface area contributed by atoms with Crippen molar-refractivity contribution in [1.29, 1.82) is 0 Å². The predicted octanol–water partition coefficient (Wildman–Crippen LogP) is 2.90. The minimum atomic E-state index is -0.113. The quantitative estimate of drug-likeness (QED) is 0.764. The molecule has 3 heteroatoms. The van der Waals surface area contributed by atoms with Gasteiger partial charge in [0.25, 0.3) is 0 Å². The van der Waals surface area contributed by atoms with E-state index in [2.05, 4.69) is 6.92 Å². The molecule has 0 spiro atoms. The lowest BCUT2D eigenvalue weighted by molar-refractivity contribution is -0.0214. The zero-order valence-electron chi connectivity index (χ0n) is 10.8. The topological polar surface area (TPSA) is 35.5 Å². The predicted molar refractivity (Wildman–Crippen MR) is 68.1 cm³/mol. The van der Waals surface area contributed by atoms with Crippen molar-refractivity contribution >= 4 is 5.78 Å². The van der Waals surface area contributed by atoms with Crippen LogP contribution in [0.3, 0.4) is 0 Å². The molecule has 0 bridgehead atoms. The molecule has 2 aliphatic rings. The third-order valence-electron chi connectivity index (χ3n) is 3.78. The first-order chi connectivity index (χ1) is 8.63. The molecule has 1 aromatic rings. The Bertz CT molecular complexity index is 481. The highest BCUT2D eigenvalue weighted by atomic mass is 16.6. The van der Waals surface area contributed by atoms with Gasteiger partial charge in [0, 0.05) is 0 Å². The van der Waals surface area contributed by atoms with Crippen molar-refractivity contribution in [3.05, 3.63) is 29.3 Å². The van der Waals surface area contributed by atoms with Gasteiger partial charge in [0.1, 0.15) is 11.9 Å². The lowest BCUT2D eigenvalue weighted by Gasteiger charge is -2.29. The molecule has 3 rings (SSSR count). The average molecular weight is 246 g/mol. The number of carbonyl (C=O) groups excluding carboxylic acids is 1. The molecule has 0 saturated carbocycles. The number of hydrogen-bond acceptors (Lipinski definition) is 3. The minimum absolute atomic E-state index is 0.0680. The normalized spacial score (nSPS) is 31.0. The van der Waals surface area contributed by atoms with Crippen molar-refractivity contribution in [1.82, 2.24) is 0 Å². The van der Waals surface area contributed by atoms with Gasteiger partial charge in [-0.1, -0.05) is 11.6 Å². The van der Waals surface area contributed by atoms with Crippen molar-refractivity contribution in [2.75, 3.05) is 0 Å². The number of Topliss-reactive ketones (excluding diaryl/α,β-unsaturated/α-hetero) is 1. The summed E-state index contributed by atoms with van der Waals surface area (Å²) in [6, 6.07) is 5.78. The van der Waals surface area contributed by atoms with Crippen LogP contribution in [0.1, 0.15) is 42.1 Å². The molecule has 96 valence electrons. The number of benzene rings is 1. The van der Waals surface area contributed by atoms with Gasteiger partial charge in [0.2, 0.25) is 0 Å². The summed E-state index contributed by atoms with van der Waals surface area (Å²) >= 11 is 0. The number of hydrogen-bond donors (Lipinski definition) is 0. The van der Waals surface area contributed by atoms with Crippen LogP contribution in [0.2, 0.25) is 0 Å². The summed E-state index contributed by atoms with van der Waals surface area (Å²) in [5.41, 5.74) is 1.81. The van der Waals surface area contributed by atoms with Crippen LogP contribution in [0.4, 0.5) is 0 Å². The van der Waals surface area contributed by atoms with Crippen LogP contribution in [0.25, 0.3) is 0 Å². The largest absolute Gasteiger partial charge is 0.486 e. The summed E-state index contributed by atoms with van der Waals surface area (Å²) < 4.78 is 11.8. The third-order valence-corrected chi connectivity index (χ3v) is 3.78. The molecular weight excluding hydrogens is 228 g/mol. The highest BCUT2D eigenvalue weighted by molar-refractivity contribution is 6.00. The van der Waals surface area contributed by atoms with Gasteiger partial charge >= 0.3 is 0 Å². The summed E-state index contributed by atoms with van der Waals surface area (Å²) in [5, 5.41) is 0. The highest BCUT2D eigenvalue weighted by Gasteiger charge is 2.36. The first kappa shape index (κ1) is 11.7. The Labute approximate surface area is 107 Å². The Hall–Kier alpha value is -1.35. The Morgan fingerprint density at radius 2 is 2.06 bits per heavy atom. The second kappa shape index (κ2) is 4.39. The molecule has 2 heterocycles. The number of ether oxygens (including phenoxy) is 2. The van der Waals surface area contributed by atoms with Gasteiger partial charge in [0.15, 0.2) is 5.78 Å². The standard InChI is InChI=1S/C15H18O3/c1-9-3-5-13-11(7-9)12(16)8-15(18-13)14-6-4-10(2)17-14/h3,5,7,10,14-15H,4,6,8H2,1-2H3. The number of rotatable bonds is 1. The van der Waals surface area contributed by atoms with Crippen LogP contribution in [-0.4, -0.2) is 24.1 Å². The summed E-state index contributed by atoms with van der Waals surface area (Å²) in [4.78, 5) is 12.2. The van der Waals surface area contributed by atoms with Crippen LogP contribution < -0.4 is 4.74 Å². The zero-order chi connectivity index (χ0) is 12.7. The minimum Gasteiger partial charge on any atom is -0.486 e. The van der Waals surface area contributed by atoms with Crippen molar-refractivity contribution < 1.29 is 14.3 Å². The van der Waals surface area contributed by atoms with E-state index >= 15 is 0 Å². The monoisotopic (exact) mass is 246 g/mol. The van der Waals surface area contributed by atoms with E-state index in [1.807, 2.05) is 25.1 Å². The molecule has 1 fully saturated rings. The average Bonchev–Trinajstić information content (AvgIpc) is 2.77. The van der Waals surface area contributed by atoms with E-state index in [-0.39, 0.29) is 24.1 Å². The van der Waals surface area contributed by atoms with E-state index in [4.69, 9.17) is 9.47 Å². The Morgan fingerprint density at radius 1 is 1.22 bits per heavy atom. The molecule has 0 aliphatic carbocycles. The molecular formula is C15H18O3. The Kier molecular flexibility index (Phi) is 2.86. The first-order valence-electron chi connectivity index (χ1n) is 6.59. The van der Waals surface area contributed by atoms with E-state index < -0.39 is 0 Å². The van der Waals surface area contributed by atoms with Crippen molar-refractivity contribution in [3.8, 4) is 5.75 Å². The van der Waals surface area contributed by atoms with Gasteiger partial charge < -0.3 is 9.47 Å². The molecule has 3 atom stereocenters. The SMILES string of the molecule is Cc1ccc2c(c1)C(=O)CC(C1CCC(C)O1)O2.